The molecule has 1 aliphatic heterocycles. The van der Waals surface area contributed by atoms with Gasteiger partial charge in [-0.3, -0.25) is 4.79 Å². The van der Waals surface area contributed by atoms with Gasteiger partial charge in [-0.05, 0) is 66.3 Å². The Morgan fingerprint density at radius 2 is 1.85 bits per heavy atom. The molecule has 0 spiro atoms. The molecule has 1 aromatic carbocycles. The SMILES string of the molecule is C[C@H](Cc1ccsc1)NC(=O)Nc1ccc(CC(=O)N2CCCC2)cc1. The first-order valence-electron chi connectivity index (χ1n) is 9.05. The summed E-state index contributed by atoms with van der Waals surface area (Å²) in [5.41, 5.74) is 2.93. The van der Waals surface area contributed by atoms with Crippen molar-refractivity contribution < 1.29 is 9.59 Å². The number of carbonyl (C=O) groups excluding carboxylic acids is 2. The van der Waals surface area contributed by atoms with Crippen LogP contribution in [0, 0.1) is 0 Å². The normalized spacial score (nSPS) is 14.9. The second-order valence-corrected chi connectivity index (χ2v) is 7.58. The number of nitrogens with zero attached hydrogens (tertiary/aromatic N) is 1. The number of nitrogens with one attached hydrogen (secondary N) is 2. The fourth-order valence-corrected chi connectivity index (χ4v) is 3.84. The molecule has 3 amide bonds. The third kappa shape index (κ3) is 5.33. The van der Waals surface area contributed by atoms with Crippen LogP contribution in [0.2, 0.25) is 0 Å². The zero-order valence-electron chi connectivity index (χ0n) is 15.0. The molecule has 1 atom stereocenters. The Bertz CT molecular complexity index is 722. The lowest BCUT2D eigenvalue weighted by Gasteiger charge is -2.16. The van der Waals surface area contributed by atoms with E-state index in [1.54, 1.807) is 11.3 Å². The van der Waals surface area contributed by atoms with E-state index >= 15 is 0 Å². The molecule has 6 heteroatoms. The van der Waals surface area contributed by atoms with Crippen molar-refractivity contribution in [3.8, 4) is 0 Å². The van der Waals surface area contributed by atoms with Gasteiger partial charge in [-0.15, -0.1) is 0 Å². The number of likely N-dealkylation sites (tertiary alicyclic amines) is 1. The largest absolute Gasteiger partial charge is 0.342 e. The minimum atomic E-state index is -0.214. The number of benzene rings is 1. The Hall–Kier alpha value is -2.34. The third-order valence-corrected chi connectivity index (χ3v) is 5.26. The summed E-state index contributed by atoms with van der Waals surface area (Å²) >= 11 is 1.66. The van der Waals surface area contributed by atoms with E-state index in [0.29, 0.717) is 6.42 Å². The van der Waals surface area contributed by atoms with Crippen molar-refractivity contribution in [1.29, 1.82) is 0 Å². The van der Waals surface area contributed by atoms with Gasteiger partial charge >= 0.3 is 6.03 Å². The van der Waals surface area contributed by atoms with Crippen LogP contribution in [0.15, 0.2) is 41.1 Å². The average Bonchev–Trinajstić information content (AvgIpc) is 3.29. The molecule has 5 nitrogen and oxygen atoms in total. The highest BCUT2D eigenvalue weighted by atomic mass is 32.1. The van der Waals surface area contributed by atoms with Crippen molar-refractivity contribution in [2.75, 3.05) is 18.4 Å². The van der Waals surface area contributed by atoms with Crippen molar-refractivity contribution in [2.24, 2.45) is 0 Å². The van der Waals surface area contributed by atoms with Crippen LogP contribution in [-0.2, 0) is 17.6 Å². The van der Waals surface area contributed by atoms with Crippen molar-refractivity contribution >= 4 is 29.0 Å². The van der Waals surface area contributed by atoms with E-state index in [1.165, 1.54) is 5.56 Å². The van der Waals surface area contributed by atoms with Gasteiger partial charge in [0.05, 0.1) is 6.42 Å². The highest BCUT2D eigenvalue weighted by Crippen LogP contribution is 2.14. The molecule has 0 saturated carbocycles. The molecule has 2 aromatic rings. The molecule has 1 aliphatic rings. The highest BCUT2D eigenvalue weighted by Gasteiger charge is 2.17. The second kappa shape index (κ2) is 8.85. The first-order valence-corrected chi connectivity index (χ1v) is 10.00. The molecule has 1 saturated heterocycles. The molecule has 26 heavy (non-hydrogen) atoms. The Morgan fingerprint density at radius 3 is 2.50 bits per heavy atom. The number of carbonyl (C=O) groups is 2. The molecular weight excluding hydrogens is 346 g/mol. The van der Waals surface area contributed by atoms with E-state index in [0.717, 1.165) is 43.6 Å². The lowest BCUT2D eigenvalue weighted by atomic mass is 10.1. The van der Waals surface area contributed by atoms with Crippen LogP contribution >= 0.6 is 11.3 Å². The predicted molar refractivity (Wildman–Crippen MR) is 106 cm³/mol. The molecule has 0 unspecified atom stereocenters. The predicted octanol–water partition coefficient (Wildman–Crippen LogP) is 3.67. The number of amides is 3. The van der Waals surface area contributed by atoms with Crippen molar-refractivity contribution in [3.63, 3.8) is 0 Å². The maximum absolute atomic E-state index is 12.2. The maximum Gasteiger partial charge on any atom is 0.319 e. The molecule has 2 N–H and O–H groups in total. The number of hydrogen-bond donors (Lipinski definition) is 2. The Morgan fingerprint density at radius 1 is 1.12 bits per heavy atom. The number of thiophene rings is 1. The molecule has 3 rings (SSSR count). The van der Waals surface area contributed by atoms with Crippen LogP contribution in [0.25, 0.3) is 0 Å². The second-order valence-electron chi connectivity index (χ2n) is 6.80. The minimum Gasteiger partial charge on any atom is -0.342 e. The third-order valence-electron chi connectivity index (χ3n) is 4.53. The van der Waals surface area contributed by atoms with Gasteiger partial charge in [0.2, 0.25) is 5.91 Å². The van der Waals surface area contributed by atoms with E-state index in [4.69, 9.17) is 0 Å². The van der Waals surface area contributed by atoms with Crippen molar-refractivity contribution in [3.05, 3.63) is 52.2 Å². The minimum absolute atomic E-state index is 0.0574. The molecule has 0 bridgehead atoms. The summed E-state index contributed by atoms with van der Waals surface area (Å²) in [5.74, 6) is 0.184. The summed E-state index contributed by atoms with van der Waals surface area (Å²) in [7, 11) is 0. The van der Waals surface area contributed by atoms with Gasteiger partial charge in [-0.25, -0.2) is 4.79 Å². The Balaban J connectivity index is 1.45. The molecule has 1 fully saturated rings. The van der Waals surface area contributed by atoms with E-state index in [1.807, 2.05) is 41.5 Å². The fraction of sp³-hybridized carbons (Fsp3) is 0.400. The molecule has 0 aliphatic carbocycles. The quantitative estimate of drug-likeness (QED) is 0.814. The average molecular weight is 372 g/mol. The zero-order valence-corrected chi connectivity index (χ0v) is 15.8. The summed E-state index contributed by atoms with van der Waals surface area (Å²) in [6.45, 7) is 3.74. The summed E-state index contributed by atoms with van der Waals surface area (Å²) in [6, 6.07) is 9.40. The standard InChI is InChI=1S/C20H25N3O2S/c1-15(12-17-8-11-26-14-17)21-20(25)22-18-6-4-16(5-7-18)13-19(24)23-9-2-3-10-23/h4-8,11,14-15H,2-3,9-10,12-13H2,1H3,(H2,21,22,25)/t15-/m1/s1. The van der Waals surface area contributed by atoms with Gasteiger partial charge in [-0.2, -0.15) is 11.3 Å². The summed E-state index contributed by atoms with van der Waals surface area (Å²) in [4.78, 5) is 26.2. The first-order chi connectivity index (χ1) is 12.6. The molecule has 138 valence electrons. The van der Waals surface area contributed by atoms with Gasteiger partial charge in [0.15, 0.2) is 0 Å². The van der Waals surface area contributed by atoms with Gasteiger partial charge in [0.25, 0.3) is 0 Å². The molecular formula is C20H25N3O2S. The number of rotatable bonds is 6. The fourth-order valence-electron chi connectivity index (χ4n) is 3.16. The smallest absolute Gasteiger partial charge is 0.319 e. The monoisotopic (exact) mass is 371 g/mol. The number of anilines is 1. The zero-order chi connectivity index (χ0) is 18.4. The number of hydrogen-bond acceptors (Lipinski definition) is 3. The summed E-state index contributed by atoms with van der Waals surface area (Å²) in [6.07, 6.45) is 3.45. The first kappa shape index (κ1) is 18.5. The summed E-state index contributed by atoms with van der Waals surface area (Å²) < 4.78 is 0. The molecule has 2 heterocycles. The highest BCUT2D eigenvalue weighted by molar-refractivity contribution is 7.07. The van der Waals surface area contributed by atoms with Crippen LogP contribution < -0.4 is 10.6 Å². The van der Waals surface area contributed by atoms with Crippen LogP contribution in [0.5, 0.6) is 0 Å². The van der Waals surface area contributed by atoms with Crippen LogP contribution in [0.3, 0.4) is 0 Å². The Labute approximate surface area is 158 Å². The van der Waals surface area contributed by atoms with Gasteiger partial charge in [0, 0.05) is 24.8 Å². The lowest BCUT2D eigenvalue weighted by Crippen LogP contribution is -2.37. The summed E-state index contributed by atoms with van der Waals surface area (Å²) in [5, 5.41) is 9.92. The Kier molecular flexibility index (Phi) is 6.28. The van der Waals surface area contributed by atoms with E-state index in [9.17, 15) is 9.59 Å². The van der Waals surface area contributed by atoms with Gasteiger partial charge in [0.1, 0.15) is 0 Å². The molecule has 1 aromatic heterocycles. The van der Waals surface area contributed by atoms with Gasteiger partial charge < -0.3 is 15.5 Å². The van der Waals surface area contributed by atoms with Crippen LogP contribution in [0.4, 0.5) is 10.5 Å². The van der Waals surface area contributed by atoms with E-state index in [-0.39, 0.29) is 18.0 Å². The molecule has 0 radical (unpaired) electrons. The lowest BCUT2D eigenvalue weighted by molar-refractivity contribution is -0.129. The van der Waals surface area contributed by atoms with Crippen LogP contribution in [0.1, 0.15) is 30.9 Å². The van der Waals surface area contributed by atoms with Crippen molar-refractivity contribution in [2.45, 2.75) is 38.6 Å². The maximum atomic E-state index is 12.2. The van der Waals surface area contributed by atoms with Gasteiger partial charge in [-0.1, -0.05) is 12.1 Å². The van der Waals surface area contributed by atoms with E-state index < -0.39 is 0 Å². The van der Waals surface area contributed by atoms with E-state index in [2.05, 4.69) is 22.1 Å². The van der Waals surface area contributed by atoms with Crippen LogP contribution in [-0.4, -0.2) is 36.0 Å². The topological polar surface area (TPSA) is 61.4 Å². The van der Waals surface area contributed by atoms with Crippen molar-refractivity contribution in [1.82, 2.24) is 10.2 Å². The number of urea groups is 1.